The molecule has 3 N–H and O–H groups in total. The molecule has 1 aliphatic heterocycles. The van der Waals surface area contributed by atoms with E-state index in [9.17, 15) is 18.0 Å². The third-order valence-corrected chi connectivity index (χ3v) is 6.86. The van der Waals surface area contributed by atoms with E-state index in [-0.39, 0.29) is 22.5 Å². The second kappa shape index (κ2) is 12.0. The summed E-state index contributed by atoms with van der Waals surface area (Å²) < 4.78 is 42.5. The monoisotopic (exact) mass is 610 g/mol. The number of nitrogen functional groups attached to an aromatic ring is 1. The summed E-state index contributed by atoms with van der Waals surface area (Å²) in [5.41, 5.74) is 12.7. The average Bonchev–Trinajstić information content (AvgIpc) is 3.57. The average molecular weight is 611 g/mol. The first-order valence-electron chi connectivity index (χ1n) is 12.2. The normalized spacial score (nSPS) is 14.6. The van der Waals surface area contributed by atoms with Gasteiger partial charge < -0.3 is 10.5 Å². The number of aliphatic imine (C=N–C) groups is 1. The summed E-state index contributed by atoms with van der Waals surface area (Å²) in [6, 6.07) is 17.9. The van der Waals surface area contributed by atoms with Crippen LogP contribution in [0.3, 0.4) is 0 Å². The minimum Gasteiger partial charge on any atom is -0.406 e. The third kappa shape index (κ3) is 6.92. The number of thioether (sulfide) groups is 1. The molecular weight excluding hydrogens is 589 g/mol. The standard InChI is InChI=1S/C27H21F3N8O2S2/c1-16-2-11-21(31)22(12-16)38-23(39)14-42-26(38)34-25(41)35-33-13-17-3-5-18(6-4-17)24-32-15-37(36-24)19-7-9-20(10-8-19)40-27(28,29)30/h2-13,15H,14,31H2,1H3,(H,35,41)/b33-13+,34-26-. The van der Waals surface area contributed by atoms with Crippen LogP contribution < -0.4 is 20.8 Å². The number of nitrogens with two attached hydrogens (primary N) is 1. The minimum absolute atomic E-state index is 0.0732. The van der Waals surface area contributed by atoms with Crippen molar-refractivity contribution in [3.63, 3.8) is 0 Å². The van der Waals surface area contributed by atoms with Crippen LogP contribution in [0, 0.1) is 6.92 Å². The molecule has 0 aliphatic carbocycles. The highest BCUT2D eigenvalue weighted by Crippen LogP contribution is 2.32. The first-order chi connectivity index (χ1) is 20.1. The first kappa shape index (κ1) is 28.8. The number of amides is 1. The van der Waals surface area contributed by atoms with Gasteiger partial charge in [0.05, 0.1) is 29.0 Å². The number of amidine groups is 1. The van der Waals surface area contributed by atoms with E-state index < -0.39 is 6.36 Å². The summed E-state index contributed by atoms with van der Waals surface area (Å²) in [6.07, 6.45) is -1.75. The zero-order chi connectivity index (χ0) is 29.9. The van der Waals surface area contributed by atoms with Crippen LogP contribution in [0.25, 0.3) is 17.1 Å². The van der Waals surface area contributed by atoms with E-state index in [1.807, 2.05) is 19.1 Å². The molecule has 2 heterocycles. The number of nitrogens with zero attached hydrogens (tertiary/aromatic N) is 6. The molecule has 0 atom stereocenters. The summed E-state index contributed by atoms with van der Waals surface area (Å²) in [7, 11) is 0. The van der Waals surface area contributed by atoms with Crippen LogP contribution in [0.15, 0.2) is 83.2 Å². The molecule has 1 aliphatic rings. The molecule has 1 saturated heterocycles. The molecule has 0 spiro atoms. The van der Waals surface area contributed by atoms with E-state index in [1.165, 1.54) is 51.9 Å². The van der Waals surface area contributed by atoms with Crippen molar-refractivity contribution >= 4 is 57.8 Å². The van der Waals surface area contributed by atoms with Crippen molar-refractivity contribution in [2.45, 2.75) is 13.3 Å². The highest BCUT2D eigenvalue weighted by molar-refractivity contribution is 8.15. The zero-order valence-corrected chi connectivity index (χ0v) is 23.4. The maximum Gasteiger partial charge on any atom is 0.573 e. The Morgan fingerprint density at radius 1 is 1.14 bits per heavy atom. The molecule has 5 rings (SSSR count). The van der Waals surface area contributed by atoms with Gasteiger partial charge >= 0.3 is 6.36 Å². The highest BCUT2D eigenvalue weighted by Gasteiger charge is 2.32. The number of carbonyl (C=O) groups is 1. The molecule has 0 saturated carbocycles. The molecule has 10 nitrogen and oxygen atoms in total. The zero-order valence-electron chi connectivity index (χ0n) is 21.7. The van der Waals surface area contributed by atoms with Gasteiger partial charge in [-0.15, -0.1) is 18.3 Å². The van der Waals surface area contributed by atoms with Crippen molar-refractivity contribution in [1.29, 1.82) is 0 Å². The Bertz CT molecular complexity index is 1690. The molecule has 1 amide bonds. The Hall–Kier alpha value is -4.76. The number of aromatic nitrogens is 3. The number of aryl methyl sites for hydroxylation is 1. The molecule has 1 fully saturated rings. The van der Waals surface area contributed by atoms with Crippen molar-refractivity contribution in [2.24, 2.45) is 10.1 Å². The Morgan fingerprint density at radius 3 is 2.60 bits per heavy atom. The van der Waals surface area contributed by atoms with Crippen LogP contribution in [-0.4, -0.2) is 49.3 Å². The van der Waals surface area contributed by atoms with Gasteiger partial charge in [0.1, 0.15) is 12.1 Å². The number of ether oxygens (including phenoxy) is 1. The van der Waals surface area contributed by atoms with E-state index >= 15 is 0 Å². The first-order valence-corrected chi connectivity index (χ1v) is 13.6. The van der Waals surface area contributed by atoms with Crippen molar-refractivity contribution < 1.29 is 22.7 Å². The highest BCUT2D eigenvalue weighted by atomic mass is 32.2. The van der Waals surface area contributed by atoms with Gasteiger partial charge in [-0.05, 0) is 66.7 Å². The lowest BCUT2D eigenvalue weighted by Crippen LogP contribution is -2.31. The summed E-state index contributed by atoms with van der Waals surface area (Å²) in [6.45, 7) is 1.91. The fourth-order valence-corrected chi connectivity index (χ4v) is 4.91. The number of hydrazone groups is 1. The molecular formula is C27H21F3N8O2S2. The summed E-state index contributed by atoms with van der Waals surface area (Å²) in [5, 5.41) is 9.00. The molecule has 3 aromatic carbocycles. The number of alkyl halides is 3. The topological polar surface area (TPSA) is 123 Å². The van der Waals surface area contributed by atoms with Gasteiger partial charge in [0, 0.05) is 5.56 Å². The van der Waals surface area contributed by atoms with E-state index in [1.54, 1.807) is 36.5 Å². The molecule has 4 aromatic rings. The summed E-state index contributed by atoms with van der Waals surface area (Å²) in [4.78, 5) is 22.6. The molecule has 0 bridgehead atoms. The molecule has 0 radical (unpaired) electrons. The number of nitrogens with one attached hydrogen (secondary N) is 1. The van der Waals surface area contributed by atoms with Crippen LogP contribution in [0.4, 0.5) is 24.5 Å². The summed E-state index contributed by atoms with van der Waals surface area (Å²) in [5.74, 6) is 0.177. The third-order valence-electron chi connectivity index (χ3n) is 5.76. The molecule has 214 valence electrons. The fraction of sp³-hybridized carbons (Fsp3) is 0.111. The predicted molar refractivity (Wildman–Crippen MR) is 160 cm³/mol. The number of anilines is 2. The Morgan fingerprint density at radius 2 is 1.88 bits per heavy atom. The van der Waals surface area contributed by atoms with Gasteiger partial charge in [0.15, 0.2) is 11.0 Å². The van der Waals surface area contributed by atoms with Crippen molar-refractivity contribution in [2.75, 3.05) is 16.4 Å². The van der Waals surface area contributed by atoms with Crippen LogP contribution >= 0.6 is 24.0 Å². The lowest BCUT2D eigenvalue weighted by atomic mass is 10.1. The Balaban J connectivity index is 1.20. The number of carbonyl (C=O) groups excluding carboxylic acids is 1. The van der Waals surface area contributed by atoms with E-state index in [0.29, 0.717) is 28.1 Å². The lowest BCUT2D eigenvalue weighted by molar-refractivity contribution is -0.274. The van der Waals surface area contributed by atoms with Gasteiger partial charge in [-0.2, -0.15) is 10.1 Å². The van der Waals surface area contributed by atoms with E-state index in [0.717, 1.165) is 16.7 Å². The second-order valence-electron chi connectivity index (χ2n) is 8.83. The number of hydrogen-bond acceptors (Lipinski definition) is 8. The fourth-order valence-electron chi connectivity index (χ4n) is 3.84. The largest absolute Gasteiger partial charge is 0.573 e. The Kier molecular flexibility index (Phi) is 8.22. The quantitative estimate of drug-likeness (QED) is 0.134. The number of hydrogen-bond donors (Lipinski definition) is 2. The minimum atomic E-state index is -4.76. The van der Waals surface area contributed by atoms with Crippen molar-refractivity contribution in [3.8, 4) is 22.8 Å². The predicted octanol–water partition coefficient (Wildman–Crippen LogP) is 5.07. The van der Waals surface area contributed by atoms with Crippen molar-refractivity contribution in [3.05, 3.63) is 84.2 Å². The number of halogens is 3. The van der Waals surface area contributed by atoms with Crippen LogP contribution in [0.5, 0.6) is 5.75 Å². The van der Waals surface area contributed by atoms with Gasteiger partial charge in [0.2, 0.25) is 11.0 Å². The molecule has 0 unspecified atom stereocenters. The number of thiocarbonyl (C=S) groups is 1. The molecule has 1 aromatic heterocycles. The van der Waals surface area contributed by atoms with Gasteiger partial charge in [0.25, 0.3) is 0 Å². The SMILES string of the molecule is Cc1ccc(N)c(N2C(=O)CS/C2=N\C(=S)N/N=C/c2ccc(-c3ncn(-c4ccc(OC(F)(F)F)cc4)n3)cc2)c1. The second-order valence-corrected chi connectivity index (χ2v) is 10.2. The molecule has 42 heavy (non-hydrogen) atoms. The van der Waals surface area contributed by atoms with Crippen LogP contribution in [0.2, 0.25) is 0 Å². The van der Waals surface area contributed by atoms with E-state index in [2.05, 4.69) is 30.3 Å². The maximum atomic E-state index is 12.5. The van der Waals surface area contributed by atoms with Gasteiger partial charge in [-0.1, -0.05) is 42.1 Å². The maximum absolute atomic E-state index is 12.5. The van der Waals surface area contributed by atoms with Crippen LogP contribution in [0.1, 0.15) is 11.1 Å². The van der Waals surface area contributed by atoms with Crippen molar-refractivity contribution in [1.82, 2.24) is 20.2 Å². The van der Waals surface area contributed by atoms with Gasteiger partial charge in [-0.3, -0.25) is 15.1 Å². The molecule has 15 heteroatoms. The Labute approximate surface area is 247 Å². The van der Waals surface area contributed by atoms with Gasteiger partial charge in [-0.25, -0.2) is 9.67 Å². The number of rotatable bonds is 6. The van der Waals surface area contributed by atoms with E-state index in [4.69, 9.17) is 18.0 Å². The summed E-state index contributed by atoms with van der Waals surface area (Å²) >= 11 is 6.55. The lowest BCUT2D eigenvalue weighted by Gasteiger charge is -2.18. The smallest absolute Gasteiger partial charge is 0.406 e. The van der Waals surface area contributed by atoms with Crippen LogP contribution in [-0.2, 0) is 4.79 Å². The number of benzene rings is 3.